The molecule has 15 heavy (non-hydrogen) atoms. The SMILES string of the molecule is CC.Cc1ccc(OS(C)(=O)=O)c(Cl)c1. The maximum atomic E-state index is 10.8. The average Bonchev–Trinajstić information content (AvgIpc) is 2.12. The third-order valence-corrected chi connectivity index (χ3v) is 2.11. The smallest absolute Gasteiger partial charge is 0.306 e. The van der Waals surface area contributed by atoms with Crippen molar-refractivity contribution >= 4 is 21.7 Å². The fraction of sp³-hybridized carbons (Fsp3) is 0.400. The first-order valence-corrected chi connectivity index (χ1v) is 6.73. The maximum absolute atomic E-state index is 10.8. The molecule has 5 heteroatoms. The Hall–Kier alpha value is -0.740. The van der Waals surface area contributed by atoms with Crippen molar-refractivity contribution in [2.24, 2.45) is 0 Å². The van der Waals surface area contributed by atoms with Gasteiger partial charge in [-0.25, -0.2) is 0 Å². The standard InChI is InChI=1S/C8H9ClO3S.C2H6/c1-6-3-4-8(7(9)5-6)12-13(2,10)11;1-2/h3-5H,1-2H3;1-2H3. The first-order chi connectivity index (χ1) is 6.88. The minimum absolute atomic E-state index is 0.162. The summed E-state index contributed by atoms with van der Waals surface area (Å²) in [5.41, 5.74) is 0.950. The van der Waals surface area contributed by atoms with E-state index in [2.05, 4.69) is 4.18 Å². The molecule has 0 amide bonds. The highest BCUT2D eigenvalue weighted by Gasteiger charge is 2.07. The lowest BCUT2D eigenvalue weighted by Gasteiger charge is -2.04. The van der Waals surface area contributed by atoms with Gasteiger partial charge in [0.05, 0.1) is 11.3 Å². The summed E-state index contributed by atoms with van der Waals surface area (Å²) in [6, 6.07) is 4.90. The molecule has 0 aliphatic rings. The van der Waals surface area contributed by atoms with E-state index < -0.39 is 10.1 Å². The molecular weight excluding hydrogens is 236 g/mol. The summed E-state index contributed by atoms with van der Waals surface area (Å²) in [6.07, 6.45) is 0.975. The first-order valence-electron chi connectivity index (χ1n) is 4.54. The molecule has 0 aliphatic heterocycles. The number of hydrogen-bond donors (Lipinski definition) is 0. The molecule has 0 aromatic heterocycles. The second-order valence-corrected chi connectivity index (χ2v) is 4.70. The van der Waals surface area contributed by atoms with Crippen molar-refractivity contribution in [3.63, 3.8) is 0 Å². The number of hydrogen-bond acceptors (Lipinski definition) is 3. The number of aryl methyl sites for hydroxylation is 1. The molecule has 1 aromatic carbocycles. The fourth-order valence-corrected chi connectivity index (χ4v) is 1.63. The van der Waals surface area contributed by atoms with Gasteiger partial charge in [-0.2, -0.15) is 8.42 Å². The normalized spacial score (nSPS) is 10.2. The minimum atomic E-state index is -3.50. The highest BCUT2D eigenvalue weighted by Crippen LogP contribution is 2.25. The van der Waals surface area contributed by atoms with Gasteiger partial charge in [0.25, 0.3) is 0 Å². The average molecular weight is 251 g/mol. The summed E-state index contributed by atoms with van der Waals surface area (Å²) in [4.78, 5) is 0. The van der Waals surface area contributed by atoms with Crippen LogP contribution in [0.2, 0.25) is 5.02 Å². The molecule has 0 fully saturated rings. The lowest BCUT2D eigenvalue weighted by molar-refractivity contribution is 0.493. The van der Waals surface area contributed by atoms with Crippen molar-refractivity contribution in [3.8, 4) is 5.75 Å². The molecule has 0 unspecified atom stereocenters. The van der Waals surface area contributed by atoms with Gasteiger partial charge in [0, 0.05) is 0 Å². The van der Waals surface area contributed by atoms with Crippen LogP contribution < -0.4 is 4.18 Å². The molecule has 0 spiro atoms. The maximum Gasteiger partial charge on any atom is 0.306 e. The quantitative estimate of drug-likeness (QED) is 0.758. The molecule has 1 aromatic rings. The van der Waals surface area contributed by atoms with Crippen LogP contribution in [0, 0.1) is 6.92 Å². The Morgan fingerprint density at radius 2 is 1.80 bits per heavy atom. The van der Waals surface area contributed by atoms with Crippen molar-refractivity contribution in [1.29, 1.82) is 0 Å². The molecule has 0 saturated carbocycles. The van der Waals surface area contributed by atoms with E-state index in [1.165, 1.54) is 6.07 Å². The zero-order chi connectivity index (χ0) is 12.1. The molecule has 0 saturated heterocycles. The Morgan fingerprint density at radius 3 is 2.20 bits per heavy atom. The number of halogens is 1. The third kappa shape index (κ3) is 5.64. The van der Waals surface area contributed by atoms with Gasteiger partial charge >= 0.3 is 10.1 Å². The Kier molecular flexibility index (Phi) is 5.68. The van der Waals surface area contributed by atoms with E-state index in [9.17, 15) is 8.42 Å². The molecule has 0 radical (unpaired) electrons. The highest BCUT2D eigenvalue weighted by atomic mass is 35.5. The number of benzene rings is 1. The molecular formula is C10H15ClO3S. The Morgan fingerprint density at radius 1 is 1.27 bits per heavy atom. The Balaban J connectivity index is 0.000000921. The van der Waals surface area contributed by atoms with Gasteiger partial charge in [0.2, 0.25) is 0 Å². The van der Waals surface area contributed by atoms with Gasteiger partial charge in [0.15, 0.2) is 5.75 Å². The van der Waals surface area contributed by atoms with Crippen LogP contribution in [0.4, 0.5) is 0 Å². The van der Waals surface area contributed by atoms with E-state index in [0.29, 0.717) is 5.02 Å². The van der Waals surface area contributed by atoms with Gasteiger partial charge in [-0.15, -0.1) is 0 Å². The highest BCUT2D eigenvalue weighted by molar-refractivity contribution is 7.86. The van der Waals surface area contributed by atoms with E-state index in [0.717, 1.165) is 11.8 Å². The van der Waals surface area contributed by atoms with Crippen LogP contribution in [0.5, 0.6) is 5.75 Å². The van der Waals surface area contributed by atoms with Crippen LogP contribution in [0.3, 0.4) is 0 Å². The summed E-state index contributed by atoms with van der Waals surface area (Å²) in [5.74, 6) is 0.162. The van der Waals surface area contributed by atoms with Gasteiger partial charge in [-0.05, 0) is 24.6 Å². The third-order valence-electron chi connectivity index (χ3n) is 1.33. The molecule has 3 nitrogen and oxygen atoms in total. The largest absolute Gasteiger partial charge is 0.381 e. The molecule has 0 bridgehead atoms. The summed E-state index contributed by atoms with van der Waals surface area (Å²) < 4.78 is 26.1. The topological polar surface area (TPSA) is 43.4 Å². The first kappa shape index (κ1) is 14.3. The van der Waals surface area contributed by atoms with Crippen LogP contribution in [-0.2, 0) is 10.1 Å². The lowest BCUT2D eigenvalue weighted by Crippen LogP contribution is -2.05. The van der Waals surface area contributed by atoms with Crippen LogP contribution >= 0.6 is 11.6 Å². The summed E-state index contributed by atoms with van der Waals surface area (Å²) in [5, 5.41) is 0.297. The predicted molar refractivity (Wildman–Crippen MR) is 63.0 cm³/mol. The van der Waals surface area contributed by atoms with E-state index in [1.54, 1.807) is 12.1 Å². The van der Waals surface area contributed by atoms with Crippen LogP contribution in [-0.4, -0.2) is 14.7 Å². The zero-order valence-corrected chi connectivity index (χ0v) is 10.8. The Bertz CT molecular complexity index is 413. The van der Waals surface area contributed by atoms with Gasteiger partial charge in [-0.3, -0.25) is 0 Å². The zero-order valence-electron chi connectivity index (χ0n) is 9.24. The second-order valence-electron chi connectivity index (χ2n) is 2.72. The van der Waals surface area contributed by atoms with Gasteiger partial charge in [-0.1, -0.05) is 31.5 Å². The van der Waals surface area contributed by atoms with E-state index >= 15 is 0 Å². The van der Waals surface area contributed by atoms with E-state index in [-0.39, 0.29) is 5.75 Å². The summed E-state index contributed by atoms with van der Waals surface area (Å²) >= 11 is 5.75. The van der Waals surface area contributed by atoms with Crippen molar-refractivity contribution in [3.05, 3.63) is 28.8 Å². The lowest BCUT2D eigenvalue weighted by atomic mass is 10.2. The van der Waals surface area contributed by atoms with Crippen molar-refractivity contribution < 1.29 is 12.6 Å². The van der Waals surface area contributed by atoms with Gasteiger partial charge in [0.1, 0.15) is 0 Å². The van der Waals surface area contributed by atoms with Crippen LogP contribution in [0.25, 0.3) is 0 Å². The number of rotatable bonds is 2. The molecule has 1 rings (SSSR count). The minimum Gasteiger partial charge on any atom is -0.381 e. The molecule has 0 heterocycles. The van der Waals surface area contributed by atoms with E-state index in [4.69, 9.17) is 11.6 Å². The fourth-order valence-electron chi connectivity index (χ4n) is 0.837. The van der Waals surface area contributed by atoms with E-state index in [1.807, 2.05) is 20.8 Å². The van der Waals surface area contributed by atoms with Gasteiger partial charge < -0.3 is 4.18 Å². The summed E-state index contributed by atoms with van der Waals surface area (Å²) in [6.45, 7) is 5.86. The summed E-state index contributed by atoms with van der Waals surface area (Å²) in [7, 11) is -3.50. The van der Waals surface area contributed by atoms with Crippen LogP contribution in [0.1, 0.15) is 19.4 Å². The molecule has 0 aliphatic carbocycles. The van der Waals surface area contributed by atoms with Crippen molar-refractivity contribution in [2.45, 2.75) is 20.8 Å². The molecule has 86 valence electrons. The predicted octanol–water partition coefficient (Wildman–Crippen LogP) is 3.01. The van der Waals surface area contributed by atoms with Crippen molar-refractivity contribution in [1.82, 2.24) is 0 Å². The molecule has 0 atom stereocenters. The monoisotopic (exact) mass is 250 g/mol. The van der Waals surface area contributed by atoms with Crippen LogP contribution in [0.15, 0.2) is 18.2 Å². The van der Waals surface area contributed by atoms with Crippen molar-refractivity contribution in [2.75, 3.05) is 6.26 Å². The second kappa shape index (κ2) is 5.98. The Labute approximate surface area is 96.1 Å². The molecule has 0 N–H and O–H groups in total.